The minimum Gasteiger partial charge on any atom is -0.369 e. The number of aromatic nitrogens is 1. The zero-order valence-electron chi connectivity index (χ0n) is 9.55. The van der Waals surface area contributed by atoms with Gasteiger partial charge in [-0.25, -0.2) is 0 Å². The molecular formula is C13H13N3O. The first-order valence-corrected chi connectivity index (χ1v) is 5.40. The van der Waals surface area contributed by atoms with E-state index in [-0.39, 0.29) is 11.8 Å². The molecule has 2 N–H and O–H groups in total. The first-order valence-electron chi connectivity index (χ1n) is 5.40. The van der Waals surface area contributed by atoms with Crippen LogP contribution in [0.2, 0.25) is 0 Å². The molecule has 17 heavy (non-hydrogen) atoms. The summed E-state index contributed by atoms with van der Waals surface area (Å²) < 4.78 is 1.95. The summed E-state index contributed by atoms with van der Waals surface area (Å²) in [5.74, 6) is -0.542. The number of hydrogen-bond acceptors (Lipinski definition) is 2. The fraction of sp³-hybridized carbons (Fsp3) is 0.231. The van der Waals surface area contributed by atoms with Gasteiger partial charge in [-0.15, -0.1) is 0 Å². The summed E-state index contributed by atoms with van der Waals surface area (Å²) in [4.78, 5) is 11.0. The zero-order valence-corrected chi connectivity index (χ0v) is 9.55. The van der Waals surface area contributed by atoms with Crippen molar-refractivity contribution in [2.75, 3.05) is 0 Å². The van der Waals surface area contributed by atoms with Gasteiger partial charge in [0.1, 0.15) is 0 Å². The molecule has 1 atom stereocenters. The number of carbonyl (C=O) groups is 1. The molecule has 4 heteroatoms. The summed E-state index contributed by atoms with van der Waals surface area (Å²) in [6, 6.07) is 9.60. The van der Waals surface area contributed by atoms with Crippen LogP contribution in [-0.4, -0.2) is 10.5 Å². The number of rotatable bonds is 3. The molecule has 0 aliphatic heterocycles. The van der Waals surface area contributed by atoms with Gasteiger partial charge in [0.15, 0.2) is 0 Å². The van der Waals surface area contributed by atoms with Gasteiger partial charge < -0.3 is 10.3 Å². The lowest BCUT2D eigenvalue weighted by atomic mass is 10.1. The lowest BCUT2D eigenvalue weighted by Crippen LogP contribution is -2.24. The highest BCUT2D eigenvalue weighted by molar-refractivity contribution is 5.86. The molecule has 0 aliphatic carbocycles. The topological polar surface area (TPSA) is 71.8 Å². The van der Waals surface area contributed by atoms with E-state index in [1.54, 1.807) is 13.0 Å². The average Bonchev–Trinajstić information content (AvgIpc) is 2.72. The van der Waals surface area contributed by atoms with Crippen molar-refractivity contribution in [3.63, 3.8) is 0 Å². The Kier molecular flexibility index (Phi) is 2.84. The molecule has 0 aliphatic rings. The maximum Gasteiger partial charge on any atom is 0.222 e. The number of fused-ring (bicyclic) bond motifs is 1. The maximum atomic E-state index is 11.0. The van der Waals surface area contributed by atoms with Gasteiger partial charge in [0.05, 0.1) is 17.6 Å². The molecule has 0 spiro atoms. The Hall–Kier alpha value is -2.28. The van der Waals surface area contributed by atoms with Gasteiger partial charge in [-0.3, -0.25) is 4.79 Å². The molecular weight excluding hydrogens is 214 g/mol. The van der Waals surface area contributed by atoms with Crippen LogP contribution in [0, 0.1) is 17.2 Å². The predicted octanol–water partition coefficient (Wildman–Crippen LogP) is 1.63. The number of hydrogen-bond donors (Lipinski definition) is 1. The highest BCUT2D eigenvalue weighted by Crippen LogP contribution is 2.20. The van der Waals surface area contributed by atoms with E-state index < -0.39 is 0 Å². The Bertz CT molecular complexity index is 607. The molecule has 0 bridgehead atoms. The summed E-state index contributed by atoms with van der Waals surface area (Å²) in [6.07, 6.45) is 1.88. The summed E-state index contributed by atoms with van der Waals surface area (Å²) in [5, 5.41) is 9.89. The average molecular weight is 227 g/mol. The fourth-order valence-corrected chi connectivity index (χ4v) is 1.87. The predicted molar refractivity (Wildman–Crippen MR) is 65.0 cm³/mol. The number of nitriles is 1. The standard InChI is InChI=1S/C13H13N3O/c1-9(13(15)17)8-16-6-5-11-10(7-14)3-2-4-12(11)16/h2-6,9H,8H2,1H3,(H2,15,17). The maximum absolute atomic E-state index is 11.0. The third kappa shape index (κ3) is 2.00. The molecule has 86 valence electrons. The molecule has 1 aromatic heterocycles. The number of amides is 1. The van der Waals surface area contributed by atoms with Gasteiger partial charge in [0.25, 0.3) is 0 Å². The van der Waals surface area contributed by atoms with Gasteiger partial charge in [0.2, 0.25) is 5.91 Å². The second-order valence-corrected chi connectivity index (χ2v) is 4.12. The molecule has 0 radical (unpaired) electrons. The number of carbonyl (C=O) groups excluding carboxylic acids is 1. The molecule has 1 aromatic carbocycles. The van der Waals surface area contributed by atoms with Crippen LogP contribution >= 0.6 is 0 Å². The van der Waals surface area contributed by atoms with E-state index in [9.17, 15) is 4.79 Å². The van der Waals surface area contributed by atoms with Crippen LogP contribution in [0.25, 0.3) is 10.9 Å². The van der Waals surface area contributed by atoms with Crippen LogP contribution in [-0.2, 0) is 11.3 Å². The van der Waals surface area contributed by atoms with E-state index >= 15 is 0 Å². The minimum absolute atomic E-state index is 0.226. The van der Waals surface area contributed by atoms with Crippen molar-refractivity contribution < 1.29 is 4.79 Å². The first kappa shape index (κ1) is 11.2. The lowest BCUT2D eigenvalue weighted by molar-refractivity contribution is -0.121. The van der Waals surface area contributed by atoms with Gasteiger partial charge in [0, 0.05) is 23.6 Å². The van der Waals surface area contributed by atoms with Crippen molar-refractivity contribution in [3.05, 3.63) is 36.0 Å². The molecule has 0 fully saturated rings. The van der Waals surface area contributed by atoms with Crippen molar-refractivity contribution >= 4 is 16.8 Å². The van der Waals surface area contributed by atoms with Crippen molar-refractivity contribution in [2.45, 2.75) is 13.5 Å². The van der Waals surface area contributed by atoms with E-state index in [1.807, 2.05) is 29.0 Å². The van der Waals surface area contributed by atoms with Crippen LogP contribution < -0.4 is 5.73 Å². The normalized spacial score (nSPS) is 12.2. The third-order valence-corrected chi connectivity index (χ3v) is 2.89. The minimum atomic E-state index is -0.316. The van der Waals surface area contributed by atoms with Crippen molar-refractivity contribution in [1.82, 2.24) is 4.57 Å². The molecule has 1 amide bonds. The summed E-state index contributed by atoms with van der Waals surface area (Å²) in [7, 11) is 0. The number of nitrogens with zero attached hydrogens (tertiary/aromatic N) is 2. The van der Waals surface area contributed by atoms with Gasteiger partial charge in [-0.2, -0.15) is 5.26 Å². The van der Waals surface area contributed by atoms with Crippen molar-refractivity contribution in [1.29, 1.82) is 5.26 Å². The SMILES string of the molecule is CC(Cn1ccc2c(C#N)cccc21)C(N)=O. The van der Waals surface area contributed by atoms with E-state index in [0.717, 1.165) is 10.9 Å². The Labute approximate surface area is 99.3 Å². The zero-order chi connectivity index (χ0) is 12.4. The van der Waals surface area contributed by atoms with Crippen LogP contribution in [0.1, 0.15) is 12.5 Å². The lowest BCUT2D eigenvalue weighted by Gasteiger charge is -2.09. The summed E-state index contributed by atoms with van der Waals surface area (Å²) in [6.45, 7) is 2.33. The summed E-state index contributed by atoms with van der Waals surface area (Å²) in [5.41, 5.74) is 6.85. The van der Waals surface area contributed by atoms with E-state index in [2.05, 4.69) is 6.07 Å². The highest BCUT2D eigenvalue weighted by atomic mass is 16.1. The van der Waals surface area contributed by atoms with Crippen LogP contribution in [0.4, 0.5) is 0 Å². The van der Waals surface area contributed by atoms with Crippen molar-refractivity contribution in [2.24, 2.45) is 11.7 Å². The van der Waals surface area contributed by atoms with Gasteiger partial charge >= 0.3 is 0 Å². The van der Waals surface area contributed by atoms with Crippen LogP contribution in [0.5, 0.6) is 0 Å². The molecule has 1 unspecified atom stereocenters. The number of primary amides is 1. The Morgan fingerprint density at radius 1 is 1.53 bits per heavy atom. The third-order valence-electron chi connectivity index (χ3n) is 2.89. The Morgan fingerprint density at radius 3 is 2.94 bits per heavy atom. The van der Waals surface area contributed by atoms with E-state index in [4.69, 9.17) is 11.0 Å². The first-order chi connectivity index (χ1) is 8.13. The van der Waals surface area contributed by atoms with Gasteiger partial charge in [-0.1, -0.05) is 13.0 Å². The summed E-state index contributed by atoms with van der Waals surface area (Å²) >= 11 is 0. The van der Waals surface area contributed by atoms with Crippen molar-refractivity contribution in [3.8, 4) is 6.07 Å². The fourth-order valence-electron chi connectivity index (χ4n) is 1.87. The molecule has 2 aromatic rings. The Morgan fingerprint density at radius 2 is 2.29 bits per heavy atom. The second-order valence-electron chi connectivity index (χ2n) is 4.12. The van der Waals surface area contributed by atoms with E-state index in [1.165, 1.54) is 0 Å². The molecule has 4 nitrogen and oxygen atoms in total. The largest absolute Gasteiger partial charge is 0.369 e. The molecule has 0 saturated carbocycles. The number of nitrogens with two attached hydrogens (primary N) is 1. The molecule has 2 rings (SSSR count). The molecule has 1 heterocycles. The Balaban J connectivity index is 2.44. The van der Waals surface area contributed by atoms with E-state index in [0.29, 0.717) is 12.1 Å². The monoisotopic (exact) mass is 227 g/mol. The quantitative estimate of drug-likeness (QED) is 0.865. The highest BCUT2D eigenvalue weighted by Gasteiger charge is 2.11. The van der Waals surface area contributed by atoms with Crippen LogP contribution in [0.3, 0.4) is 0 Å². The number of benzene rings is 1. The van der Waals surface area contributed by atoms with Gasteiger partial charge in [-0.05, 0) is 18.2 Å². The molecule has 0 saturated heterocycles. The van der Waals surface area contributed by atoms with Crippen LogP contribution in [0.15, 0.2) is 30.5 Å². The smallest absolute Gasteiger partial charge is 0.222 e. The second kappa shape index (κ2) is 4.30.